The second kappa shape index (κ2) is 8.76. The van der Waals surface area contributed by atoms with E-state index in [0.29, 0.717) is 5.69 Å². The summed E-state index contributed by atoms with van der Waals surface area (Å²) in [6.45, 7) is 1.83. The Hall–Kier alpha value is -3.56. The third-order valence-corrected chi connectivity index (χ3v) is 8.02. The van der Waals surface area contributed by atoms with Gasteiger partial charge in [-0.2, -0.15) is 0 Å². The molecule has 0 bridgehead atoms. The maximum atomic E-state index is 13.5. The van der Waals surface area contributed by atoms with Gasteiger partial charge in [0.2, 0.25) is 15.6 Å². The summed E-state index contributed by atoms with van der Waals surface area (Å²) in [6, 6.07) is 16.4. The molecule has 0 amide bonds. The van der Waals surface area contributed by atoms with E-state index in [2.05, 4.69) is 5.32 Å². The Balaban J connectivity index is 1.87. The molecular weight excluding hydrogens is 466 g/mol. The van der Waals surface area contributed by atoms with Gasteiger partial charge in [0.05, 0.1) is 10.6 Å². The summed E-state index contributed by atoms with van der Waals surface area (Å²) < 4.78 is 53.6. The molecule has 0 unspecified atom stereocenters. The van der Waals surface area contributed by atoms with Crippen LogP contribution in [0.4, 0.5) is 25.2 Å². The SMILES string of the molecule is Cc1ccc(S(=O)(=O)c2c(Nc3ccc(F)cc3)sc(C(=O)c3ccc(F)cc3)c2N)cc1. The zero-order chi connectivity index (χ0) is 23.8. The van der Waals surface area contributed by atoms with Crippen LogP contribution in [0.2, 0.25) is 0 Å². The highest BCUT2D eigenvalue weighted by Gasteiger charge is 2.31. The standard InChI is InChI=1S/C24H18F2N2O3S2/c1-14-2-12-19(13-3-14)33(30,31)23-20(27)22(21(29)15-4-6-16(25)7-5-15)32-24(23)28-18-10-8-17(26)9-11-18/h2-13,28H,27H2,1H3. The predicted octanol–water partition coefficient (Wildman–Crippen LogP) is 5.72. The van der Waals surface area contributed by atoms with E-state index >= 15 is 0 Å². The van der Waals surface area contributed by atoms with Crippen LogP contribution in [0.15, 0.2) is 82.6 Å². The van der Waals surface area contributed by atoms with Crippen molar-refractivity contribution in [3.05, 3.63) is 100 Å². The van der Waals surface area contributed by atoms with E-state index in [1.54, 1.807) is 12.1 Å². The second-order valence-electron chi connectivity index (χ2n) is 7.29. The van der Waals surface area contributed by atoms with Crippen molar-refractivity contribution in [2.45, 2.75) is 16.7 Å². The second-order valence-corrected chi connectivity index (χ2v) is 10.2. The smallest absolute Gasteiger partial charge is 0.211 e. The molecule has 4 aromatic rings. The molecule has 0 spiro atoms. The lowest BCUT2D eigenvalue weighted by molar-refractivity contribution is 0.104. The van der Waals surface area contributed by atoms with Crippen molar-refractivity contribution >= 4 is 43.3 Å². The zero-order valence-electron chi connectivity index (χ0n) is 17.3. The summed E-state index contributed by atoms with van der Waals surface area (Å²) in [6.07, 6.45) is 0. The molecule has 9 heteroatoms. The van der Waals surface area contributed by atoms with Crippen LogP contribution in [0, 0.1) is 18.6 Å². The fourth-order valence-corrected chi connectivity index (χ4v) is 6.11. The number of carbonyl (C=O) groups excluding carboxylic acids is 1. The number of anilines is 3. The van der Waals surface area contributed by atoms with Gasteiger partial charge in [0.1, 0.15) is 26.4 Å². The van der Waals surface area contributed by atoms with Crippen molar-refractivity contribution in [1.29, 1.82) is 0 Å². The number of aryl methyl sites for hydroxylation is 1. The Labute approximate surface area is 193 Å². The largest absolute Gasteiger partial charge is 0.396 e. The van der Waals surface area contributed by atoms with Crippen molar-refractivity contribution in [1.82, 2.24) is 0 Å². The lowest BCUT2D eigenvalue weighted by Crippen LogP contribution is -2.08. The highest BCUT2D eigenvalue weighted by atomic mass is 32.2. The molecule has 168 valence electrons. The summed E-state index contributed by atoms with van der Waals surface area (Å²) in [7, 11) is -4.11. The van der Waals surface area contributed by atoms with E-state index in [1.807, 2.05) is 6.92 Å². The Bertz CT molecular complexity index is 1430. The van der Waals surface area contributed by atoms with Crippen LogP contribution >= 0.6 is 11.3 Å². The number of nitrogen functional groups attached to an aromatic ring is 1. The van der Waals surface area contributed by atoms with Gasteiger partial charge in [0.15, 0.2) is 0 Å². The molecule has 5 nitrogen and oxygen atoms in total. The Morgan fingerprint density at radius 3 is 2.00 bits per heavy atom. The number of nitrogens with one attached hydrogen (secondary N) is 1. The van der Waals surface area contributed by atoms with Gasteiger partial charge in [-0.25, -0.2) is 17.2 Å². The number of ketones is 1. The fourth-order valence-electron chi connectivity index (χ4n) is 3.18. The molecular formula is C24H18F2N2O3S2. The summed E-state index contributed by atoms with van der Waals surface area (Å²) >= 11 is 0.865. The third kappa shape index (κ3) is 4.50. The molecule has 0 atom stereocenters. The molecule has 4 rings (SSSR count). The first-order chi connectivity index (χ1) is 15.7. The minimum atomic E-state index is -4.11. The number of sulfone groups is 1. The molecule has 0 saturated heterocycles. The first kappa shape index (κ1) is 22.6. The number of halogens is 2. The minimum Gasteiger partial charge on any atom is -0.396 e. The first-order valence-corrected chi connectivity index (χ1v) is 12.0. The highest BCUT2D eigenvalue weighted by Crippen LogP contribution is 2.44. The molecule has 0 aliphatic carbocycles. The molecule has 1 heterocycles. The predicted molar refractivity (Wildman–Crippen MR) is 125 cm³/mol. The van der Waals surface area contributed by atoms with Gasteiger partial charge in [-0.3, -0.25) is 4.79 Å². The summed E-state index contributed by atoms with van der Waals surface area (Å²) in [4.78, 5) is 12.9. The van der Waals surface area contributed by atoms with Crippen LogP contribution in [0.25, 0.3) is 0 Å². The number of hydrogen-bond donors (Lipinski definition) is 2. The van der Waals surface area contributed by atoms with Gasteiger partial charge >= 0.3 is 0 Å². The number of benzene rings is 3. The normalized spacial score (nSPS) is 11.4. The monoisotopic (exact) mass is 484 g/mol. The fraction of sp³-hybridized carbons (Fsp3) is 0.0417. The van der Waals surface area contributed by atoms with E-state index in [9.17, 15) is 22.0 Å². The summed E-state index contributed by atoms with van der Waals surface area (Å²) in [5, 5.41) is 3.06. The maximum absolute atomic E-state index is 13.5. The third-order valence-electron chi connectivity index (χ3n) is 4.91. The van der Waals surface area contributed by atoms with Crippen molar-refractivity contribution in [2.75, 3.05) is 11.1 Å². The molecule has 0 fully saturated rings. The number of nitrogens with two attached hydrogens (primary N) is 1. The number of thiophene rings is 1. The molecule has 0 saturated carbocycles. The summed E-state index contributed by atoms with van der Waals surface area (Å²) in [5.41, 5.74) is 7.49. The topological polar surface area (TPSA) is 89.3 Å². The lowest BCUT2D eigenvalue weighted by atomic mass is 10.1. The molecule has 3 aromatic carbocycles. The van der Waals surface area contributed by atoms with Crippen molar-refractivity contribution in [3.8, 4) is 0 Å². The van der Waals surface area contributed by atoms with Crippen molar-refractivity contribution < 1.29 is 22.0 Å². The van der Waals surface area contributed by atoms with E-state index in [4.69, 9.17) is 5.73 Å². The van der Waals surface area contributed by atoms with Crippen LogP contribution in [-0.4, -0.2) is 14.2 Å². The van der Waals surface area contributed by atoms with Crippen LogP contribution in [0.5, 0.6) is 0 Å². The van der Waals surface area contributed by atoms with Gasteiger partial charge < -0.3 is 11.1 Å². The molecule has 0 radical (unpaired) electrons. The van der Waals surface area contributed by atoms with Gasteiger partial charge in [-0.15, -0.1) is 11.3 Å². The van der Waals surface area contributed by atoms with Crippen molar-refractivity contribution in [3.63, 3.8) is 0 Å². The van der Waals surface area contributed by atoms with Gasteiger partial charge in [0.25, 0.3) is 0 Å². The van der Waals surface area contributed by atoms with Crippen LogP contribution in [-0.2, 0) is 9.84 Å². The maximum Gasteiger partial charge on any atom is 0.211 e. The van der Waals surface area contributed by atoms with Crippen LogP contribution < -0.4 is 11.1 Å². The Kier molecular flexibility index (Phi) is 6.01. The van der Waals surface area contributed by atoms with Crippen LogP contribution in [0.3, 0.4) is 0 Å². The molecule has 33 heavy (non-hydrogen) atoms. The van der Waals surface area contributed by atoms with Crippen molar-refractivity contribution in [2.24, 2.45) is 0 Å². The average Bonchev–Trinajstić information content (AvgIpc) is 3.12. The molecule has 0 aliphatic rings. The van der Waals surface area contributed by atoms with E-state index in [0.717, 1.165) is 29.0 Å². The highest BCUT2D eigenvalue weighted by molar-refractivity contribution is 7.92. The quantitative estimate of drug-likeness (QED) is 0.342. The zero-order valence-corrected chi connectivity index (χ0v) is 18.9. The van der Waals surface area contributed by atoms with Crippen LogP contribution in [0.1, 0.15) is 20.8 Å². The number of rotatable bonds is 6. The average molecular weight is 485 g/mol. The van der Waals surface area contributed by atoms with Gasteiger partial charge in [0, 0.05) is 11.3 Å². The summed E-state index contributed by atoms with van der Waals surface area (Å²) in [5.74, 6) is -1.50. The van der Waals surface area contributed by atoms with E-state index in [-0.39, 0.29) is 30.9 Å². The lowest BCUT2D eigenvalue weighted by Gasteiger charge is -2.10. The van der Waals surface area contributed by atoms with E-state index in [1.165, 1.54) is 48.5 Å². The number of hydrogen-bond acceptors (Lipinski definition) is 6. The molecule has 0 aliphatic heterocycles. The number of carbonyl (C=O) groups is 1. The Morgan fingerprint density at radius 1 is 0.879 bits per heavy atom. The molecule has 1 aromatic heterocycles. The Morgan fingerprint density at radius 2 is 1.42 bits per heavy atom. The minimum absolute atomic E-state index is 0.00286. The first-order valence-electron chi connectivity index (χ1n) is 9.73. The van der Waals surface area contributed by atoms with Gasteiger partial charge in [-0.1, -0.05) is 17.7 Å². The van der Waals surface area contributed by atoms with E-state index < -0.39 is 27.3 Å². The van der Waals surface area contributed by atoms with Gasteiger partial charge in [-0.05, 0) is 67.6 Å². The molecule has 3 N–H and O–H groups in total.